The minimum absolute atomic E-state index is 0.00997. The van der Waals surface area contributed by atoms with Gasteiger partial charge in [0.1, 0.15) is 11.6 Å². The van der Waals surface area contributed by atoms with Crippen LogP contribution in [-0.2, 0) is 12.7 Å². The van der Waals surface area contributed by atoms with Crippen LogP contribution in [0.25, 0.3) is 11.1 Å². The lowest BCUT2D eigenvalue weighted by Gasteiger charge is -2.19. The number of hydrogen-bond acceptors (Lipinski definition) is 4. The monoisotopic (exact) mass is 604 g/mol. The molecular formula is C29H22ClF5N4O3. The Morgan fingerprint density at radius 2 is 1.81 bits per heavy atom. The van der Waals surface area contributed by atoms with Crippen molar-refractivity contribution >= 4 is 29.1 Å². The Hall–Kier alpha value is -4.29. The van der Waals surface area contributed by atoms with Crippen LogP contribution in [0.2, 0.25) is 5.02 Å². The Kier molecular flexibility index (Phi) is 7.32. The summed E-state index contributed by atoms with van der Waals surface area (Å²) >= 11 is 6.32. The molecule has 1 aliphatic heterocycles. The van der Waals surface area contributed by atoms with Gasteiger partial charge in [-0.05, 0) is 67.9 Å². The fraction of sp³-hybridized carbons (Fsp3) is 0.207. The molecule has 218 valence electrons. The molecule has 0 aliphatic carbocycles. The van der Waals surface area contributed by atoms with E-state index in [1.54, 1.807) is 20.0 Å². The van der Waals surface area contributed by atoms with Gasteiger partial charge in [-0.25, -0.2) is 8.78 Å². The van der Waals surface area contributed by atoms with Crippen molar-refractivity contribution in [2.75, 3.05) is 5.32 Å². The van der Waals surface area contributed by atoms with E-state index in [9.17, 15) is 36.6 Å². The number of alkyl halides is 3. The smallest absolute Gasteiger partial charge is 0.389 e. The van der Waals surface area contributed by atoms with Crippen LogP contribution in [0, 0.1) is 11.6 Å². The number of hydrogen-bond donors (Lipinski definition) is 3. The molecule has 0 saturated heterocycles. The summed E-state index contributed by atoms with van der Waals surface area (Å²) in [6.45, 7) is 3.33. The number of aliphatic hydroxyl groups is 1. The number of nitrogens with zero attached hydrogens (tertiary/aromatic N) is 2. The number of benzene rings is 3. The fourth-order valence-corrected chi connectivity index (χ4v) is 4.97. The topological polar surface area (TPSA) is 96.2 Å². The molecule has 0 fully saturated rings. The maximum absolute atomic E-state index is 14.2. The lowest BCUT2D eigenvalue weighted by molar-refractivity contribution is -0.137. The Balaban J connectivity index is 1.64. The molecule has 0 bridgehead atoms. The highest BCUT2D eigenvalue weighted by molar-refractivity contribution is 6.31. The predicted molar refractivity (Wildman–Crippen MR) is 144 cm³/mol. The zero-order valence-corrected chi connectivity index (χ0v) is 22.7. The largest absolute Gasteiger partial charge is 0.416 e. The van der Waals surface area contributed by atoms with E-state index in [0.29, 0.717) is 23.3 Å². The summed E-state index contributed by atoms with van der Waals surface area (Å²) in [5, 5.41) is 19.7. The average molecular weight is 605 g/mol. The molecule has 3 N–H and O–H groups in total. The molecule has 5 rings (SSSR count). The number of anilines is 1. The van der Waals surface area contributed by atoms with Gasteiger partial charge in [0.15, 0.2) is 0 Å². The molecule has 0 spiro atoms. The molecule has 7 nitrogen and oxygen atoms in total. The molecule has 1 atom stereocenters. The van der Waals surface area contributed by atoms with Crippen LogP contribution in [0.4, 0.5) is 27.6 Å². The first kappa shape index (κ1) is 29.2. The maximum Gasteiger partial charge on any atom is 0.416 e. The molecule has 0 radical (unpaired) electrons. The predicted octanol–water partition coefficient (Wildman–Crippen LogP) is 6.36. The quantitative estimate of drug-likeness (QED) is 0.223. The zero-order valence-electron chi connectivity index (χ0n) is 22.0. The van der Waals surface area contributed by atoms with E-state index in [1.165, 1.54) is 29.1 Å². The lowest BCUT2D eigenvalue weighted by atomic mass is 9.93. The number of carbonyl (C=O) groups excluding carboxylic acids is 2. The molecule has 1 aromatic heterocycles. The van der Waals surface area contributed by atoms with E-state index in [2.05, 4.69) is 15.7 Å². The summed E-state index contributed by atoms with van der Waals surface area (Å²) in [6.07, 6.45) is -1.84. The van der Waals surface area contributed by atoms with Gasteiger partial charge in [0.25, 0.3) is 11.8 Å². The number of carbonyl (C=O) groups is 2. The minimum atomic E-state index is -4.91. The highest BCUT2D eigenvalue weighted by atomic mass is 35.5. The van der Waals surface area contributed by atoms with Gasteiger partial charge in [-0.1, -0.05) is 11.6 Å². The molecule has 2 heterocycles. The summed E-state index contributed by atoms with van der Waals surface area (Å²) in [4.78, 5) is 26.4. The van der Waals surface area contributed by atoms with Crippen molar-refractivity contribution in [3.8, 4) is 11.1 Å². The Labute approximate surface area is 240 Å². The summed E-state index contributed by atoms with van der Waals surface area (Å²) < 4.78 is 69.7. The van der Waals surface area contributed by atoms with Crippen molar-refractivity contribution in [3.63, 3.8) is 0 Å². The van der Waals surface area contributed by atoms with E-state index in [-0.39, 0.29) is 40.0 Å². The van der Waals surface area contributed by atoms with Gasteiger partial charge in [0, 0.05) is 44.7 Å². The number of aromatic nitrogens is 2. The van der Waals surface area contributed by atoms with Gasteiger partial charge >= 0.3 is 6.18 Å². The van der Waals surface area contributed by atoms with E-state index in [1.807, 2.05) is 0 Å². The van der Waals surface area contributed by atoms with Crippen molar-refractivity contribution in [2.45, 2.75) is 38.2 Å². The van der Waals surface area contributed by atoms with Crippen molar-refractivity contribution in [3.05, 3.63) is 105 Å². The van der Waals surface area contributed by atoms with Gasteiger partial charge in [-0.15, -0.1) is 0 Å². The Morgan fingerprint density at radius 3 is 2.50 bits per heavy atom. The van der Waals surface area contributed by atoms with Crippen molar-refractivity contribution in [1.82, 2.24) is 15.1 Å². The minimum Gasteiger partial charge on any atom is -0.389 e. The van der Waals surface area contributed by atoms with Gasteiger partial charge < -0.3 is 15.7 Å². The second-order valence-corrected chi connectivity index (χ2v) is 10.9. The molecule has 2 amide bonds. The third-order valence-electron chi connectivity index (χ3n) is 6.51. The van der Waals surface area contributed by atoms with Crippen molar-refractivity contribution < 1.29 is 36.6 Å². The highest BCUT2D eigenvalue weighted by Crippen LogP contribution is 2.42. The van der Waals surface area contributed by atoms with Gasteiger partial charge in [-0.3, -0.25) is 14.3 Å². The van der Waals surface area contributed by atoms with Crippen LogP contribution in [-0.4, -0.2) is 32.3 Å². The molecule has 3 aromatic carbocycles. The number of fused-ring (bicyclic) bond motifs is 1. The number of nitrogens with one attached hydrogen (secondary N) is 2. The number of rotatable bonds is 6. The normalized spacial score (nSPS) is 15.0. The molecular weight excluding hydrogens is 583 g/mol. The zero-order chi connectivity index (χ0) is 30.6. The first-order valence-electron chi connectivity index (χ1n) is 12.5. The number of amides is 2. The van der Waals surface area contributed by atoms with Crippen LogP contribution in [0.15, 0.2) is 60.9 Å². The lowest BCUT2D eigenvalue weighted by Crippen LogP contribution is -2.26. The summed E-state index contributed by atoms with van der Waals surface area (Å²) in [6, 6.07) is 6.92. The third kappa shape index (κ3) is 6.00. The van der Waals surface area contributed by atoms with Crippen LogP contribution in [0.1, 0.15) is 57.3 Å². The average Bonchev–Trinajstić information content (AvgIpc) is 3.47. The molecule has 42 heavy (non-hydrogen) atoms. The van der Waals surface area contributed by atoms with Crippen molar-refractivity contribution in [2.24, 2.45) is 0 Å². The SMILES string of the molecule is CC(C)(O)Cn1cc(-c2cc(NC(=O)c3cc(F)cc(C(F)(F)F)c3)c3c(c2)C(=O)NC3c2cc(F)ccc2Cl)cn1. The van der Waals surface area contributed by atoms with Crippen molar-refractivity contribution in [1.29, 1.82) is 0 Å². The molecule has 1 unspecified atom stereocenters. The van der Waals surface area contributed by atoms with Crippen LogP contribution >= 0.6 is 11.6 Å². The van der Waals surface area contributed by atoms with Crippen LogP contribution < -0.4 is 10.6 Å². The van der Waals surface area contributed by atoms with Crippen LogP contribution in [0.3, 0.4) is 0 Å². The highest BCUT2D eigenvalue weighted by Gasteiger charge is 2.36. The van der Waals surface area contributed by atoms with Gasteiger partial charge in [0.05, 0.1) is 29.9 Å². The first-order valence-corrected chi connectivity index (χ1v) is 12.8. The molecule has 0 saturated carbocycles. The van der Waals surface area contributed by atoms with E-state index >= 15 is 0 Å². The summed E-state index contributed by atoms with van der Waals surface area (Å²) in [5.41, 5.74) is -1.74. The Bertz CT molecular complexity index is 1730. The van der Waals surface area contributed by atoms with Gasteiger partial charge in [0.2, 0.25) is 0 Å². The second-order valence-electron chi connectivity index (χ2n) is 10.5. The first-order chi connectivity index (χ1) is 19.6. The number of halogens is 6. The van der Waals surface area contributed by atoms with Gasteiger partial charge in [-0.2, -0.15) is 18.3 Å². The molecule has 1 aliphatic rings. The third-order valence-corrected chi connectivity index (χ3v) is 6.85. The summed E-state index contributed by atoms with van der Waals surface area (Å²) in [5.74, 6) is -3.57. The van der Waals surface area contributed by atoms with E-state index in [4.69, 9.17) is 11.6 Å². The Morgan fingerprint density at radius 1 is 1.07 bits per heavy atom. The van der Waals surface area contributed by atoms with E-state index < -0.39 is 52.4 Å². The second kappa shape index (κ2) is 10.5. The standard InChI is InChI=1S/C29H22ClF5N4O3/c1-28(2,42)13-39-12-16(11-36-39)14-7-21-24(25(38-27(21)41)20-10-18(31)3-4-22(20)30)23(8-14)37-26(40)15-5-17(29(33,34)35)9-19(32)6-15/h3-12,25,42H,13H2,1-2H3,(H,37,40)(H,38,41). The van der Waals surface area contributed by atoms with Crippen LogP contribution in [0.5, 0.6) is 0 Å². The molecule has 13 heteroatoms. The fourth-order valence-electron chi connectivity index (χ4n) is 4.75. The molecule has 4 aromatic rings. The summed E-state index contributed by atoms with van der Waals surface area (Å²) in [7, 11) is 0. The maximum atomic E-state index is 14.2. The van der Waals surface area contributed by atoms with E-state index in [0.717, 1.165) is 12.1 Å².